The first kappa shape index (κ1) is 18.4. The largest absolute Gasteiger partial charge is 0.344 e. The van der Waals surface area contributed by atoms with E-state index in [-0.39, 0.29) is 27.6 Å². The lowest BCUT2D eigenvalue weighted by Gasteiger charge is -2.63. The number of nitrogens with one attached hydrogen (secondary N) is 1. The molecule has 6 atom stereocenters. The van der Waals surface area contributed by atoms with Crippen molar-refractivity contribution in [3.63, 3.8) is 0 Å². The summed E-state index contributed by atoms with van der Waals surface area (Å²) in [5, 5.41) is 3.29. The second-order valence-corrected chi connectivity index (χ2v) is 10.5. The molecule has 0 aliphatic heterocycles. The number of halogens is 2. The second kappa shape index (κ2) is 6.74. The summed E-state index contributed by atoms with van der Waals surface area (Å²) in [7, 11) is 0. The highest BCUT2D eigenvalue weighted by atomic mass is 35.5. The van der Waals surface area contributed by atoms with Crippen LogP contribution in [0.1, 0.15) is 54.2 Å². The minimum absolute atomic E-state index is 0.140. The van der Waals surface area contributed by atoms with E-state index in [4.69, 9.17) is 23.2 Å². The van der Waals surface area contributed by atoms with Gasteiger partial charge in [-0.05, 0) is 61.6 Å². The number of carbonyl (C=O) groups is 1. The fourth-order valence-electron chi connectivity index (χ4n) is 6.32. The molecule has 1 aromatic heterocycles. The molecule has 4 aliphatic carbocycles. The normalized spacial score (nSPS) is 36.9. The molecule has 4 aliphatic rings. The Morgan fingerprint density at radius 3 is 2.54 bits per heavy atom. The number of hydrogen-bond donors (Lipinski definition) is 1. The molecule has 146 valence electrons. The molecule has 1 N–H and O–H groups in total. The molecule has 6 rings (SSSR count). The maximum Gasteiger partial charge on any atom is 0.270 e. The molecule has 0 spiro atoms. The third-order valence-corrected chi connectivity index (χ3v) is 7.95. The summed E-state index contributed by atoms with van der Waals surface area (Å²) < 4.78 is 0. The molecular weight excluding hydrogens is 391 g/mol. The Hall–Kier alpha value is -1.58. The minimum Gasteiger partial charge on any atom is -0.344 e. The van der Waals surface area contributed by atoms with E-state index in [1.165, 1.54) is 0 Å². The van der Waals surface area contributed by atoms with E-state index < -0.39 is 0 Å². The van der Waals surface area contributed by atoms with Gasteiger partial charge in [0, 0.05) is 17.0 Å². The van der Waals surface area contributed by atoms with Crippen LogP contribution in [-0.4, -0.2) is 20.6 Å². The maximum atomic E-state index is 13.0. The molecule has 5 heteroatoms. The van der Waals surface area contributed by atoms with Crippen LogP contribution < -0.4 is 5.32 Å². The molecule has 2 aromatic rings. The molecular formula is C23H24Cl2N2O. The van der Waals surface area contributed by atoms with Crippen molar-refractivity contribution >= 4 is 29.1 Å². The van der Waals surface area contributed by atoms with Crippen LogP contribution >= 0.6 is 23.2 Å². The lowest BCUT2D eigenvalue weighted by Crippen LogP contribution is -2.62. The third-order valence-electron chi connectivity index (χ3n) is 6.96. The zero-order valence-corrected chi connectivity index (χ0v) is 17.2. The van der Waals surface area contributed by atoms with E-state index in [0.29, 0.717) is 17.5 Å². The molecule has 4 saturated carbocycles. The van der Waals surface area contributed by atoms with Crippen LogP contribution in [0.25, 0.3) is 0 Å². The van der Waals surface area contributed by atoms with Crippen molar-refractivity contribution in [3.8, 4) is 0 Å². The van der Waals surface area contributed by atoms with Crippen LogP contribution in [0, 0.1) is 17.8 Å². The van der Waals surface area contributed by atoms with Gasteiger partial charge in [0.1, 0.15) is 5.69 Å². The van der Waals surface area contributed by atoms with E-state index in [1.54, 1.807) is 12.3 Å². The Morgan fingerprint density at radius 1 is 1.07 bits per heavy atom. The van der Waals surface area contributed by atoms with Crippen LogP contribution in [-0.2, 0) is 0 Å². The molecule has 4 fully saturated rings. The van der Waals surface area contributed by atoms with Crippen molar-refractivity contribution in [1.82, 2.24) is 10.3 Å². The van der Waals surface area contributed by atoms with Crippen molar-refractivity contribution in [2.45, 2.75) is 47.9 Å². The number of nitrogens with zero attached hydrogens (tertiary/aromatic N) is 1. The van der Waals surface area contributed by atoms with Gasteiger partial charge in [0.2, 0.25) is 0 Å². The summed E-state index contributed by atoms with van der Waals surface area (Å²) >= 11 is 14.3. The van der Waals surface area contributed by atoms with E-state index in [0.717, 1.165) is 37.7 Å². The van der Waals surface area contributed by atoms with E-state index in [1.807, 2.05) is 30.3 Å². The number of benzene rings is 1. The number of pyridine rings is 1. The van der Waals surface area contributed by atoms with Crippen molar-refractivity contribution in [2.24, 2.45) is 17.8 Å². The molecule has 0 radical (unpaired) electrons. The highest BCUT2D eigenvalue weighted by Gasteiger charge is 2.63. The van der Waals surface area contributed by atoms with Crippen molar-refractivity contribution in [3.05, 3.63) is 66.0 Å². The Kier molecular flexibility index (Phi) is 4.44. The van der Waals surface area contributed by atoms with Crippen molar-refractivity contribution in [1.29, 1.82) is 0 Å². The number of alkyl halides is 2. The Bertz CT molecular complexity index is 877. The Morgan fingerprint density at radius 2 is 1.86 bits per heavy atom. The SMILES string of the molecule is O=C(N[C@@H](c1ccccc1)[C@H]1C2C[C@H]3C[C@](Cl)(C2)C[C@@]1(Cl)C3)c1ccccn1. The first-order chi connectivity index (χ1) is 13.5. The lowest BCUT2D eigenvalue weighted by atomic mass is 9.49. The number of amides is 1. The van der Waals surface area contributed by atoms with Gasteiger partial charge < -0.3 is 5.32 Å². The van der Waals surface area contributed by atoms with Gasteiger partial charge in [-0.3, -0.25) is 9.78 Å². The average Bonchev–Trinajstić information content (AvgIpc) is 2.66. The fourth-order valence-corrected chi connectivity index (χ4v) is 7.82. The number of hydrogen-bond acceptors (Lipinski definition) is 2. The Balaban J connectivity index is 1.51. The monoisotopic (exact) mass is 414 g/mol. The number of rotatable bonds is 4. The Labute approximate surface area is 175 Å². The van der Waals surface area contributed by atoms with Crippen molar-refractivity contribution < 1.29 is 4.79 Å². The van der Waals surface area contributed by atoms with Gasteiger partial charge in [-0.1, -0.05) is 36.4 Å². The van der Waals surface area contributed by atoms with E-state index in [2.05, 4.69) is 22.4 Å². The fraction of sp³-hybridized carbons (Fsp3) is 0.478. The molecule has 1 unspecified atom stereocenters. The summed E-state index contributed by atoms with van der Waals surface area (Å²) in [5.41, 5.74) is 1.54. The average molecular weight is 415 g/mol. The van der Waals surface area contributed by atoms with Crippen LogP contribution in [0.15, 0.2) is 54.7 Å². The van der Waals surface area contributed by atoms with Gasteiger partial charge in [0.15, 0.2) is 0 Å². The summed E-state index contributed by atoms with van der Waals surface area (Å²) in [6, 6.07) is 15.5. The quantitative estimate of drug-likeness (QED) is 0.685. The smallest absolute Gasteiger partial charge is 0.270 e. The summed E-state index contributed by atoms with van der Waals surface area (Å²) in [5.74, 6) is 1.07. The third kappa shape index (κ3) is 3.13. The zero-order valence-electron chi connectivity index (χ0n) is 15.7. The van der Waals surface area contributed by atoms with Crippen LogP contribution in [0.3, 0.4) is 0 Å². The lowest BCUT2D eigenvalue weighted by molar-refractivity contribution is -0.0237. The van der Waals surface area contributed by atoms with Gasteiger partial charge >= 0.3 is 0 Å². The van der Waals surface area contributed by atoms with Gasteiger partial charge in [-0.2, -0.15) is 0 Å². The predicted octanol–water partition coefficient (Wildman–Crippen LogP) is 5.35. The highest BCUT2D eigenvalue weighted by Crippen LogP contribution is 2.66. The summed E-state index contributed by atoms with van der Waals surface area (Å²) in [6.45, 7) is 0. The molecule has 4 bridgehead atoms. The van der Waals surface area contributed by atoms with E-state index in [9.17, 15) is 4.79 Å². The molecule has 1 aromatic carbocycles. The second-order valence-electron chi connectivity index (χ2n) is 8.94. The zero-order chi connectivity index (χ0) is 19.4. The number of carbonyl (C=O) groups excluding carboxylic acids is 1. The topological polar surface area (TPSA) is 42.0 Å². The summed E-state index contributed by atoms with van der Waals surface area (Å²) in [6.07, 6.45) is 6.71. The minimum atomic E-state index is -0.357. The van der Waals surface area contributed by atoms with Gasteiger partial charge in [0.25, 0.3) is 5.91 Å². The molecule has 28 heavy (non-hydrogen) atoms. The van der Waals surface area contributed by atoms with Crippen LogP contribution in [0.2, 0.25) is 0 Å². The van der Waals surface area contributed by atoms with Gasteiger partial charge in [-0.15, -0.1) is 23.2 Å². The predicted molar refractivity (Wildman–Crippen MR) is 112 cm³/mol. The first-order valence-corrected chi connectivity index (χ1v) is 10.9. The molecule has 0 saturated heterocycles. The van der Waals surface area contributed by atoms with Crippen molar-refractivity contribution in [2.75, 3.05) is 0 Å². The molecule has 1 amide bonds. The summed E-state index contributed by atoms with van der Waals surface area (Å²) in [4.78, 5) is 16.7. The van der Waals surface area contributed by atoms with Crippen LogP contribution in [0.4, 0.5) is 0 Å². The number of aromatic nitrogens is 1. The maximum absolute atomic E-state index is 13.0. The molecule has 1 heterocycles. The highest BCUT2D eigenvalue weighted by molar-refractivity contribution is 6.28. The molecule has 3 nitrogen and oxygen atoms in total. The standard InChI is InChI=1S/C23H24Cl2N2O/c24-22-11-15-10-17(13-22)19(23(25,12-15)14-22)20(16-6-2-1-3-7-16)27-21(28)18-8-4-5-9-26-18/h1-9,15,17,19-20H,10-14H2,(H,27,28)/t15-,17?,19+,20-,22-,23-/m0/s1. The van der Waals surface area contributed by atoms with Gasteiger partial charge in [-0.25, -0.2) is 0 Å². The first-order valence-electron chi connectivity index (χ1n) is 10.1. The van der Waals surface area contributed by atoms with E-state index >= 15 is 0 Å². The van der Waals surface area contributed by atoms with Gasteiger partial charge in [0.05, 0.1) is 10.9 Å². The van der Waals surface area contributed by atoms with Crippen LogP contribution in [0.5, 0.6) is 0 Å².